The van der Waals surface area contributed by atoms with Gasteiger partial charge in [0.2, 0.25) is 17.7 Å². The minimum atomic E-state index is -0.733. The summed E-state index contributed by atoms with van der Waals surface area (Å²) in [6.07, 6.45) is 46.9. The summed E-state index contributed by atoms with van der Waals surface area (Å²) in [4.78, 5) is 62.7. The second kappa shape index (κ2) is 54.7. The van der Waals surface area contributed by atoms with Gasteiger partial charge in [0, 0.05) is 32.7 Å². The maximum atomic E-state index is 15.2. The van der Waals surface area contributed by atoms with Gasteiger partial charge in [-0.05, 0) is 45.2 Å². The predicted molar refractivity (Wildman–Crippen MR) is 325 cm³/mol. The molecule has 4 amide bonds. The molecule has 0 aromatic carbocycles. The number of amides is 4. The predicted octanol–water partition coefficient (Wildman–Crippen LogP) is 14.9. The lowest BCUT2D eigenvalue weighted by Crippen LogP contribution is -2.55. The van der Waals surface area contributed by atoms with Crippen molar-refractivity contribution in [1.29, 1.82) is 0 Å². The van der Waals surface area contributed by atoms with Crippen LogP contribution in [0.25, 0.3) is 0 Å². The van der Waals surface area contributed by atoms with Gasteiger partial charge in [-0.15, -0.1) is 0 Å². The molecule has 0 saturated heterocycles. The summed E-state index contributed by atoms with van der Waals surface area (Å²) in [6, 6.07) is 0. The topological polar surface area (TPSA) is 142 Å². The average Bonchev–Trinajstić information content (AvgIpc) is 3.40. The number of nitrogens with one attached hydrogen (secondary N) is 1. The van der Waals surface area contributed by atoms with Crippen molar-refractivity contribution in [2.24, 2.45) is 5.73 Å². The van der Waals surface area contributed by atoms with Crippen molar-refractivity contribution in [3.8, 4) is 0 Å². The van der Waals surface area contributed by atoms with Crippen molar-refractivity contribution in [3.05, 3.63) is 5.21 Å². The van der Waals surface area contributed by atoms with E-state index in [0.29, 0.717) is 32.6 Å². The third kappa shape index (κ3) is 45.6. The van der Waals surface area contributed by atoms with Gasteiger partial charge in [-0.2, -0.15) is 0 Å². The van der Waals surface area contributed by atoms with Crippen LogP contribution in [0.2, 0.25) is 0 Å². The fourth-order valence-corrected chi connectivity index (χ4v) is 10.7. The third-order valence-corrected chi connectivity index (χ3v) is 16.0. The number of primary amides is 1. The molecule has 12 heteroatoms. The van der Waals surface area contributed by atoms with Gasteiger partial charge in [-0.3, -0.25) is 19.2 Å². The van der Waals surface area contributed by atoms with Crippen molar-refractivity contribution in [3.63, 3.8) is 0 Å². The Balaban J connectivity index is 6.32. The standard InChI is InChI=1S/C64H129N7O5/c1-7-13-17-21-25-29-33-37-41-45-50-68(63(74)59-70(62(73)57-66-49-53-67(11-5)12-6)52-47-43-39-35-31-27-23-19-15-9-3)54-56-71(76,55-48-44-40-36-32-28-24-20-16-10-4)60-64(75)69(58-61(65)72)51-46-42-38-34-30-26-22-18-14-8-2/h66H,7-60H2,1-6H3,(H2,65,72). The quantitative estimate of drug-likeness (QED) is 0.0351. The van der Waals surface area contributed by atoms with Gasteiger partial charge in [0.05, 0.1) is 39.3 Å². The van der Waals surface area contributed by atoms with Gasteiger partial charge >= 0.3 is 0 Å². The summed E-state index contributed by atoms with van der Waals surface area (Å²) in [5.74, 6) is -1.07. The number of rotatable bonds is 60. The minimum Gasteiger partial charge on any atom is -0.632 e. The number of carbonyl (C=O) groups excluding carboxylic acids is 4. The molecule has 0 aromatic heterocycles. The van der Waals surface area contributed by atoms with Gasteiger partial charge in [0.1, 0.15) is 0 Å². The molecule has 0 bridgehead atoms. The Morgan fingerprint density at radius 2 is 0.697 bits per heavy atom. The second-order valence-corrected chi connectivity index (χ2v) is 23.1. The minimum absolute atomic E-state index is 0.00672. The highest BCUT2D eigenvalue weighted by Gasteiger charge is 2.29. The fourth-order valence-electron chi connectivity index (χ4n) is 10.7. The van der Waals surface area contributed by atoms with Gasteiger partial charge in [-0.25, -0.2) is 0 Å². The van der Waals surface area contributed by atoms with E-state index in [4.69, 9.17) is 5.73 Å². The van der Waals surface area contributed by atoms with E-state index in [2.05, 4.69) is 51.8 Å². The number of quaternary nitrogens is 1. The summed E-state index contributed by atoms with van der Waals surface area (Å²) >= 11 is 0. The first-order chi connectivity index (χ1) is 37.0. The van der Waals surface area contributed by atoms with Crippen LogP contribution in [-0.4, -0.2) is 140 Å². The van der Waals surface area contributed by atoms with Gasteiger partial charge in [-0.1, -0.05) is 266 Å². The summed E-state index contributed by atoms with van der Waals surface area (Å²) < 4.78 is -0.733. The molecule has 0 saturated carbocycles. The molecule has 0 heterocycles. The van der Waals surface area contributed by atoms with E-state index < -0.39 is 10.6 Å². The van der Waals surface area contributed by atoms with Crippen molar-refractivity contribution in [1.82, 2.24) is 24.9 Å². The number of hydroxylamine groups is 3. The van der Waals surface area contributed by atoms with E-state index in [9.17, 15) is 19.2 Å². The first-order valence-electron chi connectivity index (χ1n) is 33.1. The Kier molecular flexibility index (Phi) is 53.0. The number of carbonyl (C=O) groups is 4. The molecule has 0 fully saturated rings. The summed E-state index contributed by atoms with van der Waals surface area (Å²) in [5.41, 5.74) is 5.73. The second-order valence-electron chi connectivity index (χ2n) is 23.1. The van der Waals surface area contributed by atoms with Crippen LogP contribution in [0.4, 0.5) is 0 Å². The molecule has 12 nitrogen and oxygen atoms in total. The SMILES string of the molecule is CCCCCCCCCCCCN(CC[N+]([O-])(CCCCCCCCCCCC)CC(=O)N(CCCCCCCCCCCC)CC(N)=O)C(=O)CN(CCCCCCCCCCCC)C(=O)CNCCN(CC)CC. The number of likely N-dealkylation sites (N-methyl/N-ethyl adjacent to an activating group) is 1. The largest absolute Gasteiger partial charge is 0.632 e. The molecule has 0 aliphatic carbocycles. The van der Waals surface area contributed by atoms with Crippen molar-refractivity contribution >= 4 is 23.6 Å². The highest BCUT2D eigenvalue weighted by atomic mass is 16.5. The van der Waals surface area contributed by atoms with E-state index in [1.54, 1.807) is 4.90 Å². The lowest BCUT2D eigenvalue weighted by Gasteiger charge is -2.44. The van der Waals surface area contributed by atoms with E-state index in [0.717, 1.165) is 96.7 Å². The zero-order chi connectivity index (χ0) is 56.0. The molecule has 1 unspecified atom stereocenters. The van der Waals surface area contributed by atoms with E-state index in [1.807, 2.05) is 4.90 Å². The summed E-state index contributed by atoms with van der Waals surface area (Å²) in [7, 11) is 0. The Bertz CT molecular complexity index is 1320. The van der Waals surface area contributed by atoms with Crippen LogP contribution in [-0.2, 0) is 19.2 Å². The zero-order valence-electron chi connectivity index (χ0n) is 51.5. The maximum Gasteiger partial charge on any atom is 0.278 e. The van der Waals surface area contributed by atoms with Crippen molar-refractivity contribution in [2.45, 2.75) is 298 Å². The first-order valence-corrected chi connectivity index (χ1v) is 33.1. The van der Waals surface area contributed by atoms with Crippen LogP contribution in [0.1, 0.15) is 298 Å². The molecule has 0 aromatic rings. The number of hydrogen-bond acceptors (Lipinski definition) is 7. The molecular formula is C64H129N7O5. The number of nitrogens with zero attached hydrogens (tertiary/aromatic N) is 5. The summed E-state index contributed by atoms with van der Waals surface area (Å²) in [5, 5.41) is 18.6. The smallest absolute Gasteiger partial charge is 0.278 e. The molecule has 0 aliphatic heterocycles. The van der Waals surface area contributed by atoms with Gasteiger partial charge in [0.15, 0.2) is 6.54 Å². The van der Waals surface area contributed by atoms with Crippen LogP contribution < -0.4 is 11.1 Å². The Labute approximate surface area is 471 Å². The highest BCUT2D eigenvalue weighted by molar-refractivity contribution is 5.86. The molecular weight excluding hydrogens is 947 g/mol. The molecule has 76 heavy (non-hydrogen) atoms. The Hall–Kier alpha value is -2.28. The van der Waals surface area contributed by atoms with E-state index >= 15 is 5.21 Å². The monoisotopic (exact) mass is 1080 g/mol. The molecule has 0 spiro atoms. The summed E-state index contributed by atoms with van der Waals surface area (Å²) in [6.45, 7) is 18.6. The van der Waals surface area contributed by atoms with Crippen LogP contribution in [0.3, 0.4) is 0 Å². The number of hydrogen-bond donors (Lipinski definition) is 2. The molecule has 1 atom stereocenters. The van der Waals surface area contributed by atoms with Crippen molar-refractivity contribution < 1.29 is 23.8 Å². The Morgan fingerprint density at radius 3 is 1.05 bits per heavy atom. The molecule has 0 rings (SSSR count). The lowest BCUT2D eigenvalue weighted by atomic mass is 10.1. The molecule has 0 radical (unpaired) electrons. The first kappa shape index (κ1) is 73.7. The lowest BCUT2D eigenvalue weighted by molar-refractivity contribution is -0.872. The zero-order valence-corrected chi connectivity index (χ0v) is 51.5. The normalized spacial score (nSPS) is 12.4. The van der Waals surface area contributed by atoms with Crippen LogP contribution in [0.15, 0.2) is 0 Å². The maximum absolute atomic E-state index is 15.2. The molecule has 0 aliphatic rings. The van der Waals surface area contributed by atoms with Gasteiger partial charge < -0.3 is 40.5 Å². The fraction of sp³-hybridized carbons (Fsp3) is 0.938. The van der Waals surface area contributed by atoms with Crippen LogP contribution in [0, 0.1) is 5.21 Å². The Morgan fingerprint density at radius 1 is 0.368 bits per heavy atom. The number of unbranched alkanes of at least 4 members (excludes halogenated alkanes) is 36. The molecule has 3 N–H and O–H groups in total. The third-order valence-electron chi connectivity index (χ3n) is 16.0. The average molecular weight is 1080 g/mol. The van der Waals surface area contributed by atoms with E-state index in [-0.39, 0.29) is 63.5 Å². The molecule has 450 valence electrons. The number of nitrogens with two attached hydrogens (primary N) is 1. The highest BCUT2D eigenvalue weighted by Crippen LogP contribution is 2.18. The van der Waals surface area contributed by atoms with Crippen LogP contribution >= 0.6 is 0 Å². The van der Waals surface area contributed by atoms with E-state index in [1.165, 1.54) is 178 Å². The van der Waals surface area contributed by atoms with Crippen LogP contribution in [0.5, 0.6) is 0 Å². The van der Waals surface area contributed by atoms with Gasteiger partial charge in [0.25, 0.3) is 5.91 Å². The van der Waals surface area contributed by atoms with Crippen molar-refractivity contribution in [2.75, 3.05) is 91.6 Å².